The van der Waals surface area contributed by atoms with Crippen LogP contribution in [0.5, 0.6) is 0 Å². The molecule has 0 bridgehead atoms. The molecule has 2 aromatic heterocycles. The molecule has 1 amide bonds. The topological polar surface area (TPSA) is 49.6 Å². The monoisotopic (exact) mass is 355 g/mol. The summed E-state index contributed by atoms with van der Waals surface area (Å²) < 4.78 is 5.85. The smallest absolute Gasteiger partial charge is 0.273 e. The molecule has 1 aromatic carbocycles. The van der Waals surface area contributed by atoms with Crippen molar-refractivity contribution in [3.63, 3.8) is 0 Å². The van der Waals surface area contributed by atoms with Crippen LogP contribution in [0.4, 0.5) is 0 Å². The van der Waals surface area contributed by atoms with Gasteiger partial charge in [0.2, 0.25) is 0 Å². The number of rotatable bonds is 3. The van der Waals surface area contributed by atoms with Crippen LogP contribution >= 0.6 is 11.3 Å². The number of carbonyl (C=O) groups is 1. The molecule has 0 aliphatic carbocycles. The Morgan fingerprint density at radius 2 is 1.96 bits per heavy atom. The largest absolute Gasteiger partial charge is 0.454 e. The van der Waals surface area contributed by atoms with E-state index >= 15 is 0 Å². The highest BCUT2D eigenvalue weighted by Crippen LogP contribution is 2.30. The fourth-order valence-electron chi connectivity index (χ4n) is 3.18. The lowest BCUT2D eigenvalue weighted by Crippen LogP contribution is -2.50. The maximum absolute atomic E-state index is 12.7. The third-order valence-corrected chi connectivity index (χ3v) is 5.55. The number of furan rings is 1. The number of hydrogen-bond acceptors (Lipinski definition) is 5. The van der Waals surface area contributed by atoms with E-state index in [4.69, 9.17) is 4.42 Å². The fourth-order valence-corrected chi connectivity index (χ4v) is 3.92. The van der Waals surface area contributed by atoms with Crippen molar-refractivity contribution < 1.29 is 9.21 Å². The number of para-hydroxylation sites is 1. The molecule has 0 N–H and O–H groups in total. The van der Waals surface area contributed by atoms with Crippen molar-refractivity contribution >= 4 is 28.2 Å². The van der Waals surface area contributed by atoms with Gasteiger partial charge in [0.05, 0.1) is 0 Å². The van der Waals surface area contributed by atoms with Crippen LogP contribution in [0.2, 0.25) is 0 Å². The minimum Gasteiger partial charge on any atom is -0.454 e. The Labute approximate surface area is 150 Å². The SMILES string of the molecule is CC(C)N1CCN(C(=O)c2csc(-c3cc4ccccc4o3)n2)CC1. The van der Waals surface area contributed by atoms with E-state index in [1.165, 1.54) is 11.3 Å². The van der Waals surface area contributed by atoms with Crippen LogP contribution in [0.1, 0.15) is 24.3 Å². The molecule has 6 heteroatoms. The Hall–Kier alpha value is -2.18. The summed E-state index contributed by atoms with van der Waals surface area (Å²) in [6, 6.07) is 10.4. The minimum atomic E-state index is 0.0158. The summed E-state index contributed by atoms with van der Waals surface area (Å²) in [5, 5.41) is 3.63. The van der Waals surface area contributed by atoms with Gasteiger partial charge in [-0.2, -0.15) is 0 Å². The molecule has 0 saturated carbocycles. The quantitative estimate of drug-likeness (QED) is 0.718. The Morgan fingerprint density at radius 1 is 1.20 bits per heavy atom. The maximum Gasteiger partial charge on any atom is 0.273 e. The van der Waals surface area contributed by atoms with Gasteiger partial charge in [0.15, 0.2) is 10.8 Å². The molecule has 0 unspecified atom stereocenters. The Kier molecular flexibility index (Phi) is 4.31. The number of fused-ring (bicyclic) bond motifs is 1. The molecule has 5 nitrogen and oxygen atoms in total. The number of aromatic nitrogens is 1. The second kappa shape index (κ2) is 6.61. The van der Waals surface area contributed by atoms with Crippen molar-refractivity contribution in [3.8, 4) is 10.8 Å². The van der Waals surface area contributed by atoms with Crippen LogP contribution < -0.4 is 0 Å². The zero-order chi connectivity index (χ0) is 17.4. The third-order valence-electron chi connectivity index (χ3n) is 4.69. The molecule has 130 valence electrons. The predicted molar refractivity (Wildman–Crippen MR) is 99.9 cm³/mol. The molecule has 1 aliphatic heterocycles. The third kappa shape index (κ3) is 3.19. The molecule has 0 spiro atoms. The van der Waals surface area contributed by atoms with Gasteiger partial charge in [-0.1, -0.05) is 18.2 Å². The van der Waals surface area contributed by atoms with E-state index in [2.05, 4.69) is 23.7 Å². The highest BCUT2D eigenvalue weighted by molar-refractivity contribution is 7.13. The second-order valence-electron chi connectivity index (χ2n) is 6.61. The summed E-state index contributed by atoms with van der Waals surface area (Å²) in [5.74, 6) is 0.733. The molecule has 25 heavy (non-hydrogen) atoms. The van der Waals surface area contributed by atoms with E-state index in [0.29, 0.717) is 11.7 Å². The Morgan fingerprint density at radius 3 is 2.68 bits per heavy atom. The number of amides is 1. The molecule has 0 radical (unpaired) electrons. The Bertz CT molecular complexity index is 858. The zero-order valence-corrected chi connectivity index (χ0v) is 15.3. The highest BCUT2D eigenvalue weighted by Gasteiger charge is 2.25. The molecule has 3 heterocycles. The lowest BCUT2D eigenvalue weighted by Gasteiger charge is -2.36. The van der Waals surface area contributed by atoms with E-state index in [0.717, 1.165) is 47.9 Å². The van der Waals surface area contributed by atoms with E-state index in [1.807, 2.05) is 40.6 Å². The van der Waals surface area contributed by atoms with Crippen molar-refractivity contribution in [3.05, 3.63) is 41.4 Å². The summed E-state index contributed by atoms with van der Waals surface area (Å²) in [6.45, 7) is 7.74. The number of piperazine rings is 1. The summed E-state index contributed by atoms with van der Waals surface area (Å²) in [7, 11) is 0. The average molecular weight is 355 g/mol. The summed E-state index contributed by atoms with van der Waals surface area (Å²) >= 11 is 1.45. The summed E-state index contributed by atoms with van der Waals surface area (Å²) in [4.78, 5) is 21.5. The van der Waals surface area contributed by atoms with Gasteiger partial charge in [-0.3, -0.25) is 9.69 Å². The van der Waals surface area contributed by atoms with Crippen LogP contribution in [-0.4, -0.2) is 52.9 Å². The first-order valence-corrected chi connectivity index (χ1v) is 9.47. The van der Waals surface area contributed by atoms with Crippen LogP contribution in [0.15, 0.2) is 40.1 Å². The molecule has 1 aliphatic rings. The van der Waals surface area contributed by atoms with Gasteiger partial charge in [0, 0.05) is 43.0 Å². The average Bonchev–Trinajstić information content (AvgIpc) is 3.27. The van der Waals surface area contributed by atoms with Crippen LogP contribution in [-0.2, 0) is 0 Å². The predicted octanol–water partition coefficient (Wildman–Crippen LogP) is 3.72. The normalized spacial score (nSPS) is 16.0. The van der Waals surface area contributed by atoms with Crippen molar-refractivity contribution in [2.24, 2.45) is 0 Å². The standard InChI is InChI=1S/C19H21N3O2S/c1-13(2)21-7-9-22(10-8-21)19(23)15-12-25-18(20-15)17-11-14-5-3-4-6-16(14)24-17/h3-6,11-13H,7-10H2,1-2H3. The molecule has 0 atom stereocenters. The van der Waals surface area contributed by atoms with Gasteiger partial charge in [0.25, 0.3) is 5.91 Å². The van der Waals surface area contributed by atoms with E-state index in [9.17, 15) is 4.79 Å². The van der Waals surface area contributed by atoms with Gasteiger partial charge in [-0.25, -0.2) is 4.98 Å². The molecular weight excluding hydrogens is 334 g/mol. The number of hydrogen-bond donors (Lipinski definition) is 0. The number of carbonyl (C=O) groups excluding carboxylic acids is 1. The lowest BCUT2D eigenvalue weighted by molar-refractivity contribution is 0.0591. The molecule has 3 aromatic rings. The van der Waals surface area contributed by atoms with Crippen molar-refractivity contribution in [1.29, 1.82) is 0 Å². The maximum atomic E-state index is 12.7. The zero-order valence-electron chi connectivity index (χ0n) is 14.4. The molecule has 1 saturated heterocycles. The Balaban J connectivity index is 1.50. The first-order chi connectivity index (χ1) is 12.1. The summed E-state index contributed by atoms with van der Waals surface area (Å²) in [6.07, 6.45) is 0. The summed E-state index contributed by atoms with van der Waals surface area (Å²) in [5.41, 5.74) is 1.35. The first-order valence-electron chi connectivity index (χ1n) is 8.59. The first kappa shape index (κ1) is 16.3. The van der Waals surface area contributed by atoms with Gasteiger partial charge in [0.1, 0.15) is 11.3 Å². The lowest BCUT2D eigenvalue weighted by atomic mass is 10.2. The number of benzene rings is 1. The highest BCUT2D eigenvalue weighted by atomic mass is 32.1. The molecular formula is C19H21N3O2S. The number of thiazole rings is 1. The van der Waals surface area contributed by atoms with E-state index in [-0.39, 0.29) is 5.91 Å². The van der Waals surface area contributed by atoms with Crippen LogP contribution in [0, 0.1) is 0 Å². The second-order valence-corrected chi connectivity index (χ2v) is 7.47. The van der Waals surface area contributed by atoms with Gasteiger partial charge in [-0.05, 0) is 26.0 Å². The fraction of sp³-hybridized carbons (Fsp3) is 0.368. The van der Waals surface area contributed by atoms with Crippen molar-refractivity contribution in [2.75, 3.05) is 26.2 Å². The van der Waals surface area contributed by atoms with Gasteiger partial charge < -0.3 is 9.32 Å². The van der Waals surface area contributed by atoms with Gasteiger partial charge >= 0.3 is 0 Å². The van der Waals surface area contributed by atoms with Crippen LogP contribution in [0.25, 0.3) is 21.7 Å². The van der Waals surface area contributed by atoms with E-state index in [1.54, 1.807) is 0 Å². The van der Waals surface area contributed by atoms with E-state index < -0.39 is 0 Å². The van der Waals surface area contributed by atoms with Gasteiger partial charge in [-0.15, -0.1) is 11.3 Å². The minimum absolute atomic E-state index is 0.0158. The molecule has 4 rings (SSSR count). The van der Waals surface area contributed by atoms with Crippen molar-refractivity contribution in [2.45, 2.75) is 19.9 Å². The van der Waals surface area contributed by atoms with Crippen molar-refractivity contribution in [1.82, 2.24) is 14.8 Å². The molecule has 1 fully saturated rings. The van der Waals surface area contributed by atoms with Crippen LogP contribution in [0.3, 0.4) is 0 Å². The number of nitrogens with zero attached hydrogens (tertiary/aromatic N) is 3.